The Morgan fingerprint density at radius 3 is 2.56 bits per heavy atom. The van der Waals surface area contributed by atoms with Gasteiger partial charge in [0.2, 0.25) is 0 Å². The van der Waals surface area contributed by atoms with Gasteiger partial charge in [-0.3, -0.25) is 9.48 Å². The van der Waals surface area contributed by atoms with Crippen LogP contribution < -0.4 is 0 Å². The molecule has 1 aromatic heterocycles. The van der Waals surface area contributed by atoms with Gasteiger partial charge in [-0.1, -0.05) is 20.3 Å². The number of carbonyl (C=O) groups is 1. The maximum atomic E-state index is 10.4. The molecule has 0 aliphatic heterocycles. The van der Waals surface area contributed by atoms with Gasteiger partial charge in [0, 0.05) is 13.0 Å². The Kier molecular flexibility index (Phi) is 6.67. The van der Waals surface area contributed by atoms with Crippen molar-refractivity contribution in [3.05, 3.63) is 15.0 Å². The Balaban J connectivity index is 2.49. The fourth-order valence-corrected chi connectivity index (χ4v) is 3.14. The van der Waals surface area contributed by atoms with Crippen molar-refractivity contribution in [2.24, 2.45) is 0 Å². The van der Waals surface area contributed by atoms with Gasteiger partial charge >= 0.3 is 5.97 Å². The van der Waals surface area contributed by atoms with E-state index in [-0.39, 0.29) is 6.42 Å². The highest BCUT2D eigenvalue weighted by Gasteiger charge is 2.12. The van der Waals surface area contributed by atoms with Crippen LogP contribution in [0.5, 0.6) is 0 Å². The number of aromatic nitrogens is 2. The van der Waals surface area contributed by atoms with Gasteiger partial charge in [0.1, 0.15) is 0 Å². The number of carboxylic acids is 1. The molecule has 0 radical (unpaired) electrons. The fraction of sp³-hybridized carbons (Fsp3) is 0.692. The molecule has 0 fully saturated rings. The van der Waals surface area contributed by atoms with Gasteiger partial charge in [-0.2, -0.15) is 5.10 Å². The number of rotatable bonds is 8. The van der Waals surface area contributed by atoms with E-state index in [9.17, 15) is 4.79 Å². The van der Waals surface area contributed by atoms with Crippen LogP contribution in [0.25, 0.3) is 0 Å². The van der Waals surface area contributed by atoms with Crippen molar-refractivity contribution in [2.45, 2.75) is 58.9 Å². The molecule has 0 bridgehead atoms. The van der Waals surface area contributed by atoms with Crippen LogP contribution in [-0.2, 0) is 24.2 Å². The highest BCUT2D eigenvalue weighted by atomic mass is 127. The lowest BCUT2D eigenvalue weighted by molar-refractivity contribution is -0.137. The Morgan fingerprint density at radius 1 is 1.28 bits per heavy atom. The maximum absolute atomic E-state index is 10.4. The summed E-state index contributed by atoms with van der Waals surface area (Å²) >= 11 is 2.38. The second-order valence-corrected chi connectivity index (χ2v) is 5.42. The van der Waals surface area contributed by atoms with Crippen LogP contribution in [0.3, 0.4) is 0 Å². The van der Waals surface area contributed by atoms with E-state index in [0.717, 1.165) is 38.6 Å². The molecular weight excluding hydrogens is 343 g/mol. The third-order valence-electron chi connectivity index (χ3n) is 2.99. The zero-order chi connectivity index (χ0) is 13.5. The minimum atomic E-state index is -0.703. The fourth-order valence-electron chi connectivity index (χ4n) is 1.99. The van der Waals surface area contributed by atoms with E-state index >= 15 is 0 Å². The summed E-state index contributed by atoms with van der Waals surface area (Å²) in [4.78, 5) is 10.4. The Bertz CT molecular complexity index is 402. The summed E-state index contributed by atoms with van der Waals surface area (Å²) < 4.78 is 3.39. The number of aliphatic carboxylic acids is 1. The number of carboxylic acid groups (broad SMARTS) is 1. The van der Waals surface area contributed by atoms with E-state index in [0.29, 0.717) is 0 Å². The first-order valence-corrected chi connectivity index (χ1v) is 7.63. The number of nitrogens with zero attached hydrogens (tertiary/aromatic N) is 2. The highest BCUT2D eigenvalue weighted by Crippen LogP contribution is 2.19. The molecule has 1 aromatic rings. The van der Waals surface area contributed by atoms with Gasteiger partial charge in [-0.15, -0.1) is 0 Å². The molecule has 1 rings (SSSR count). The lowest BCUT2D eigenvalue weighted by Crippen LogP contribution is -2.05. The third-order valence-corrected chi connectivity index (χ3v) is 4.24. The first kappa shape index (κ1) is 15.5. The minimum Gasteiger partial charge on any atom is -0.481 e. The lowest BCUT2D eigenvalue weighted by atomic mass is 10.2. The predicted molar refractivity (Wildman–Crippen MR) is 79.8 cm³/mol. The first-order chi connectivity index (χ1) is 8.60. The van der Waals surface area contributed by atoms with Gasteiger partial charge in [0.15, 0.2) is 0 Å². The van der Waals surface area contributed by atoms with E-state index in [4.69, 9.17) is 5.11 Å². The molecule has 18 heavy (non-hydrogen) atoms. The summed E-state index contributed by atoms with van der Waals surface area (Å²) in [5.74, 6) is -0.703. The van der Waals surface area contributed by atoms with Crippen LogP contribution in [-0.4, -0.2) is 20.9 Å². The van der Waals surface area contributed by atoms with Crippen LogP contribution in [0.4, 0.5) is 0 Å². The lowest BCUT2D eigenvalue weighted by Gasteiger charge is -2.05. The number of hydrogen-bond donors (Lipinski definition) is 1. The molecule has 1 heterocycles. The first-order valence-electron chi connectivity index (χ1n) is 6.56. The molecule has 102 valence electrons. The Hall–Kier alpha value is -0.590. The van der Waals surface area contributed by atoms with Crippen molar-refractivity contribution in [1.29, 1.82) is 0 Å². The third kappa shape index (κ3) is 4.26. The van der Waals surface area contributed by atoms with Crippen LogP contribution in [0.15, 0.2) is 0 Å². The summed E-state index contributed by atoms with van der Waals surface area (Å²) in [5, 5.41) is 13.2. The van der Waals surface area contributed by atoms with Crippen molar-refractivity contribution < 1.29 is 9.90 Å². The molecule has 0 aliphatic carbocycles. The normalized spacial score (nSPS) is 10.8. The van der Waals surface area contributed by atoms with Gasteiger partial charge in [-0.25, -0.2) is 0 Å². The maximum Gasteiger partial charge on any atom is 0.303 e. The van der Waals surface area contributed by atoms with E-state index < -0.39 is 5.97 Å². The number of aryl methyl sites for hydroxylation is 2. The molecule has 0 amide bonds. The number of hydrogen-bond acceptors (Lipinski definition) is 2. The molecule has 5 heteroatoms. The van der Waals surface area contributed by atoms with Crippen LogP contribution in [0, 0.1) is 3.57 Å². The summed E-state index contributed by atoms with van der Waals surface area (Å²) in [6.07, 6.45) is 4.96. The topological polar surface area (TPSA) is 55.1 Å². The number of unbranched alkanes of at least 4 members (excludes halogenated alkanes) is 2. The summed E-state index contributed by atoms with van der Waals surface area (Å²) in [7, 11) is 0. The molecule has 0 aromatic carbocycles. The molecular formula is C13H21IN2O2. The summed E-state index contributed by atoms with van der Waals surface area (Å²) in [6.45, 7) is 5.18. The van der Waals surface area contributed by atoms with E-state index in [1.54, 1.807) is 0 Å². The molecule has 1 N–H and O–H groups in total. The molecule has 0 spiro atoms. The van der Waals surface area contributed by atoms with Gasteiger partial charge in [0.25, 0.3) is 0 Å². The average Bonchev–Trinajstić information content (AvgIpc) is 2.64. The molecule has 4 nitrogen and oxygen atoms in total. The molecule has 0 saturated carbocycles. The van der Waals surface area contributed by atoms with E-state index in [2.05, 4.69) is 46.2 Å². The number of halogens is 1. The standard InChI is InChI=1S/C13H21IN2O2/c1-3-10-13(14)11(4-2)16(15-10)9-7-5-6-8-12(17)18/h3-9H2,1-2H3,(H,17,18). The van der Waals surface area contributed by atoms with Crippen molar-refractivity contribution in [3.63, 3.8) is 0 Å². The van der Waals surface area contributed by atoms with Gasteiger partial charge < -0.3 is 5.11 Å². The quantitative estimate of drug-likeness (QED) is 0.569. The second-order valence-electron chi connectivity index (χ2n) is 4.34. The van der Waals surface area contributed by atoms with Crippen LogP contribution in [0.1, 0.15) is 50.9 Å². The van der Waals surface area contributed by atoms with Crippen molar-refractivity contribution >= 4 is 28.6 Å². The summed E-state index contributed by atoms with van der Waals surface area (Å²) in [5.41, 5.74) is 2.49. The zero-order valence-electron chi connectivity index (χ0n) is 11.1. The smallest absolute Gasteiger partial charge is 0.303 e. The van der Waals surface area contributed by atoms with Gasteiger partial charge in [-0.05, 0) is 48.3 Å². The van der Waals surface area contributed by atoms with Crippen LogP contribution in [0.2, 0.25) is 0 Å². The highest BCUT2D eigenvalue weighted by molar-refractivity contribution is 14.1. The monoisotopic (exact) mass is 364 g/mol. The van der Waals surface area contributed by atoms with Gasteiger partial charge in [0.05, 0.1) is 15.0 Å². The predicted octanol–water partition coefficient (Wildman–Crippen LogP) is 3.26. The Labute approximate surface area is 122 Å². The van der Waals surface area contributed by atoms with Crippen molar-refractivity contribution in [1.82, 2.24) is 9.78 Å². The Morgan fingerprint density at radius 2 is 2.00 bits per heavy atom. The van der Waals surface area contributed by atoms with Crippen LogP contribution >= 0.6 is 22.6 Å². The SMILES string of the molecule is CCc1nn(CCCCCC(=O)O)c(CC)c1I. The molecule has 0 saturated heterocycles. The summed E-state index contributed by atoms with van der Waals surface area (Å²) in [6, 6.07) is 0. The average molecular weight is 364 g/mol. The van der Waals surface area contributed by atoms with E-state index in [1.807, 2.05) is 0 Å². The molecule has 0 atom stereocenters. The zero-order valence-corrected chi connectivity index (χ0v) is 13.2. The molecule has 0 unspecified atom stereocenters. The molecule has 0 aliphatic rings. The van der Waals surface area contributed by atoms with Crippen molar-refractivity contribution in [2.75, 3.05) is 0 Å². The minimum absolute atomic E-state index is 0.275. The van der Waals surface area contributed by atoms with Crippen molar-refractivity contribution in [3.8, 4) is 0 Å². The van der Waals surface area contributed by atoms with E-state index in [1.165, 1.54) is 15.0 Å². The second kappa shape index (κ2) is 7.76. The largest absolute Gasteiger partial charge is 0.481 e.